The van der Waals surface area contributed by atoms with Crippen LogP contribution in [0.25, 0.3) is 11.3 Å². The van der Waals surface area contributed by atoms with Crippen molar-refractivity contribution in [3.63, 3.8) is 0 Å². The van der Waals surface area contributed by atoms with E-state index in [0.717, 1.165) is 21.7 Å². The van der Waals surface area contributed by atoms with Gasteiger partial charge in [0.1, 0.15) is 0 Å². The first kappa shape index (κ1) is 23.5. The van der Waals surface area contributed by atoms with Crippen LogP contribution in [0.5, 0.6) is 11.5 Å². The number of anilines is 1. The molecule has 34 heavy (non-hydrogen) atoms. The number of hydrazone groups is 1. The van der Waals surface area contributed by atoms with Crippen molar-refractivity contribution in [2.45, 2.75) is 13.8 Å². The van der Waals surface area contributed by atoms with Crippen LogP contribution in [0.15, 0.2) is 77.9 Å². The van der Waals surface area contributed by atoms with Crippen molar-refractivity contribution in [3.8, 4) is 22.8 Å². The Hall–Kier alpha value is -3.68. The number of aryl methyl sites for hydroxylation is 1. The standard InChI is InChI=1S/C26H22ClN3O3S/c1-3-32-23-14-18(12-13-22(23)33-25(31)20-10-7-11-21(27)15-20)16-28-30-26-29-24(17(2)34-26)19-8-5-4-6-9-19/h4-16H,3H2,1-2H3,(H,29,30)/b28-16-. The van der Waals surface area contributed by atoms with Gasteiger partial charge >= 0.3 is 5.97 Å². The number of thiazole rings is 1. The van der Waals surface area contributed by atoms with E-state index in [2.05, 4.69) is 15.5 Å². The van der Waals surface area contributed by atoms with Gasteiger partial charge in [-0.3, -0.25) is 5.43 Å². The molecule has 3 aromatic carbocycles. The number of halogens is 1. The molecule has 0 amide bonds. The van der Waals surface area contributed by atoms with Crippen LogP contribution < -0.4 is 14.9 Å². The van der Waals surface area contributed by atoms with Gasteiger partial charge in [0.2, 0.25) is 5.13 Å². The number of hydrogen-bond donors (Lipinski definition) is 1. The first-order chi connectivity index (χ1) is 16.5. The van der Waals surface area contributed by atoms with E-state index in [1.165, 1.54) is 11.3 Å². The van der Waals surface area contributed by atoms with Crippen LogP contribution in [0.4, 0.5) is 5.13 Å². The lowest BCUT2D eigenvalue weighted by atomic mass is 10.1. The van der Waals surface area contributed by atoms with Crippen molar-refractivity contribution in [1.29, 1.82) is 0 Å². The Bertz CT molecular complexity index is 1320. The number of aromatic nitrogens is 1. The molecular formula is C26H22ClN3O3S. The van der Waals surface area contributed by atoms with E-state index in [1.54, 1.807) is 48.7 Å². The molecule has 1 heterocycles. The molecule has 8 heteroatoms. The molecule has 172 valence electrons. The Morgan fingerprint density at radius 2 is 1.91 bits per heavy atom. The summed E-state index contributed by atoms with van der Waals surface area (Å²) in [5.41, 5.74) is 6.13. The van der Waals surface area contributed by atoms with Crippen molar-refractivity contribution in [2.24, 2.45) is 5.10 Å². The Labute approximate surface area is 206 Å². The van der Waals surface area contributed by atoms with Crippen LogP contribution in [-0.4, -0.2) is 23.8 Å². The molecule has 6 nitrogen and oxygen atoms in total. The van der Waals surface area contributed by atoms with E-state index < -0.39 is 5.97 Å². The lowest BCUT2D eigenvalue weighted by molar-refractivity contribution is 0.0728. The Kier molecular flexibility index (Phi) is 7.57. The number of nitrogens with zero attached hydrogens (tertiary/aromatic N) is 2. The van der Waals surface area contributed by atoms with E-state index in [4.69, 9.17) is 21.1 Å². The van der Waals surface area contributed by atoms with Gasteiger partial charge in [-0.1, -0.05) is 48.0 Å². The number of esters is 1. The van der Waals surface area contributed by atoms with Gasteiger partial charge in [-0.05, 0) is 55.8 Å². The maximum Gasteiger partial charge on any atom is 0.343 e. The highest BCUT2D eigenvalue weighted by molar-refractivity contribution is 7.16. The zero-order chi connectivity index (χ0) is 23.9. The molecule has 0 aliphatic rings. The molecule has 0 bridgehead atoms. The topological polar surface area (TPSA) is 72.8 Å². The molecule has 0 aliphatic heterocycles. The molecule has 0 fully saturated rings. The summed E-state index contributed by atoms with van der Waals surface area (Å²) >= 11 is 7.51. The van der Waals surface area contributed by atoms with E-state index in [1.807, 2.05) is 44.2 Å². The first-order valence-electron chi connectivity index (χ1n) is 10.6. The van der Waals surface area contributed by atoms with Crippen LogP contribution in [0.2, 0.25) is 5.02 Å². The maximum atomic E-state index is 12.5. The molecule has 0 saturated heterocycles. The van der Waals surface area contributed by atoms with Gasteiger partial charge < -0.3 is 9.47 Å². The summed E-state index contributed by atoms with van der Waals surface area (Å²) in [6.07, 6.45) is 1.66. The van der Waals surface area contributed by atoms with Crippen LogP contribution in [-0.2, 0) is 0 Å². The average molecular weight is 492 g/mol. The highest BCUT2D eigenvalue weighted by atomic mass is 35.5. The molecule has 0 atom stereocenters. The second-order valence-electron chi connectivity index (χ2n) is 7.20. The van der Waals surface area contributed by atoms with Gasteiger partial charge in [-0.25, -0.2) is 9.78 Å². The summed E-state index contributed by atoms with van der Waals surface area (Å²) in [5.74, 6) is 0.248. The van der Waals surface area contributed by atoms with E-state index in [0.29, 0.717) is 33.8 Å². The number of ether oxygens (including phenoxy) is 2. The molecule has 0 spiro atoms. The minimum absolute atomic E-state index is 0.319. The minimum atomic E-state index is -0.514. The molecular weight excluding hydrogens is 470 g/mol. The number of benzene rings is 3. The van der Waals surface area contributed by atoms with Gasteiger partial charge in [0.15, 0.2) is 11.5 Å². The third-order valence-electron chi connectivity index (χ3n) is 4.75. The fourth-order valence-electron chi connectivity index (χ4n) is 3.20. The van der Waals surface area contributed by atoms with Gasteiger partial charge in [-0.2, -0.15) is 5.10 Å². The largest absolute Gasteiger partial charge is 0.490 e. The van der Waals surface area contributed by atoms with Crippen LogP contribution in [0.3, 0.4) is 0 Å². The van der Waals surface area contributed by atoms with E-state index >= 15 is 0 Å². The predicted molar refractivity (Wildman–Crippen MR) is 138 cm³/mol. The molecule has 0 aliphatic carbocycles. The molecule has 4 aromatic rings. The van der Waals surface area contributed by atoms with Crippen LogP contribution in [0, 0.1) is 6.92 Å². The second kappa shape index (κ2) is 11.0. The number of carbonyl (C=O) groups excluding carboxylic acids is 1. The smallest absolute Gasteiger partial charge is 0.343 e. The van der Waals surface area contributed by atoms with Gasteiger partial charge in [0.05, 0.1) is 24.1 Å². The monoisotopic (exact) mass is 491 g/mol. The van der Waals surface area contributed by atoms with Gasteiger partial charge in [-0.15, -0.1) is 11.3 Å². The van der Waals surface area contributed by atoms with Gasteiger partial charge in [0, 0.05) is 15.5 Å². The van der Waals surface area contributed by atoms with Crippen molar-refractivity contribution < 1.29 is 14.3 Å². The lowest BCUT2D eigenvalue weighted by Crippen LogP contribution is -2.09. The van der Waals surface area contributed by atoms with Crippen molar-refractivity contribution >= 4 is 40.3 Å². The molecule has 4 rings (SSSR count). The Morgan fingerprint density at radius 1 is 1.09 bits per heavy atom. The summed E-state index contributed by atoms with van der Waals surface area (Å²) in [6, 6.07) is 21.8. The SMILES string of the molecule is CCOc1cc(/C=N\Nc2nc(-c3ccccc3)c(C)s2)ccc1OC(=O)c1cccc(Cl)c1. The summed E-state index contributed by atoms with van der Waals surface area (Å²) in [7, 11) is 0. The third-order valence-corrected chi connectivity index (χ3v) is 5.86. The van der Waals surface area contributed by atoms with Crippen molar-refractivity contribution in [3.05, 3.63) is 93.8 Å². The Morgan fingerprint density at radius 3 is 2.68 bits per heavy atom. The molecule has 1 N–H and O–H groups in total. The fourth-order valence-corrected chi connectivity index (χ4v) is 4.18. The molecule has 0 unspecified atom stereocenters. The summed E-state index contributed by atoms with van der Waals surface area (Å²) in [6.45, 7) is 4.31. The van der Waals surface area contributed by atoms with E-state index in [9.17, 15) is 4.79 Å². The average Bonchev–Trinajstić information content (AvgIpc) is 3.21. The van der Waals surface area contributed by atoms with E-state index in [-0.39, 0.29) is 0 Å². The van der Waals surface area contributed by atoms with Crippen LogP contribution >= 0.6 is 22.9 Å². The van der Waals surface area contributed by atoms with Crippen LogP contribution in [0.1, 0.15) is 27.7 Å². The Balaban J connectivity index is 1.46. The number of carbonyl (C=O) groups is 1. The lowest BCUT2D eigenvalue weighted by Gasteiger charge is -2.11. The normalized spacial score (nSPS) is 10.9. The zero-order valence-electron chi connectivity index (χ0n) is 18.6. The highest BCUT2D eigenvalue weighted by Gasteiger charge is 2.14. The summed E-state index contributed by atoms with van der Waals surface area (Å²) in [4.78, 5) is 18.2. The maximum absolute atomic E-state index is 12.5. The molecule has 0 saturated carbocycles. The number of nitrogens with one attached hydrogen (secondary N) is 1. The quantitative estimate of drug-likeness (QED) is 0.126. The second-order valence-corrected chi connectivity index (χ2v) is 8.84. The van der Waals surface area contributed by atoms with Gasteiger partial charge in [0.25, 0.3) is 0 Å². The highest BCUT2D eigenvalue weighted by Crippen LogP contribution is 2.31. The number of rotatable bonds is 8. The summed E-state index contributed by atoms with van der Waals surface area (Å²) in [5, 5.41) is 5.47. The summed E-state index contributed by atoms with van der Waals surface area (Å²) < 4.78 is 11.2. The minimum Gasteiger partial charge on any atom is -0.490 e. The number of hydrogen-bond acceptors (Lipinski definition) is 7. The van der Waals surface area contributed by atoms with Crippen molar-refractivity contribution in [2.75, 3.05) is 12.0 Å². The first-order valence-corrected chi connectivity index (χ1v) is 11.8. The fraction of sp³-hybridized carbons (Fsp3) is 0.115. The predicted octanol–water partition coefficient (Wildman–Crippen LogP) is 6.84. The molecule has 1 aromatic heterocycles. The third kappa shape index (κ3) is 5.81. The van der Waals surface area contributed by atoms with Crippen molar-refractivity contribution in [1.82, 2.24) is 4.98 Å². The molecule has 0 radical (unpaired) electrons. The zero-order valence-corrected chi connectivity index (χ0v) is 20.2.